The van der Waals surface area contributed by atoms with E-state index >= 15 is 0 Å². The summed E-state index contributed by atoms with van der Waals surface area (Å²) in [7, 11) is 0. The molecule has 0 unspecified atom stereocenters. The molecule has 0 aliphatic heterocycles. The summed E-state index contributed by atoms with van der Waals surface area (Å²) >= 11 is 0. The fourth-order valence-corrected chi connectivity index (χ4v) is 2.17. The van der Waals surface area contributed by atoms with Crippen LogP contribution in [-0.4, -0.2) is 11.1 Å². The van der Waals surface area contributed by atoms with E-state index in [0.29, 0.717) is 0 Å². The Morgan fingerprint density at radius 3 is 0.745 bits per heavy atom. The van der Waals surface area contributed by atoms with E-state index in [0.717, 1.165) is 0 Å². The van der Waals surface area contributed by atoms with Gasteiger partial charge in [-0.15, -0.1) is 12.8 Å². The van der Waals surface area contributed by atoms with Crippen LogP contribution in [0.25, 0.3) is 0 Å². The average Bonchev–Trinajstić information content (AvgIpc) is 3.19. The molecule has 1 aromatic rings. The Hall–Kier alpha value is -11.4. The maximum Gasteiger partial charge on any atom is 0.335 e. The number of benzene rings is 1. The summed E-state index contributed by atoms with van der Waals surface area (Å²) in [5.41, 5.74) is -0.134. The zero-order chi connectivity index (χ0) is 39.5. The Bertz CT molecular complexity index is 2990. The molecule has 1 N–H and O–H groups in total. The van der Waals surface area contributed by atoms with Gasteiger partial charge in [0.25, 0.3) is 0 Å². The van der Waals surface area contributed by atoms with Gasteiger partial charge in [-0.2, -0.15) is 0 Å². The molecule has 1 rings (SSSR count). The normalized spacial score (nSPS) is 5.20. The van der Waals surface area contributed by atoms with Crippen LogP contribution in [0.5, 0.6) is 11.5 Å². The van der Waals surface area contributed by atoms with Crippen LogP contribution in [0.4, 0.5) is 0 Å². The Kier molecular flexibility index (Phi) is 24.6. The van der Waals surface area contributed by atoms with E-state index in [-0.39, 0.29) is 17.1 Å². The summed E-state index contributed by atoms with van der Waals surface area (Å²) in [4.78, 5) is 11.5. The van der Waals surface area contributed by atoms with E-state index in [4.69, 9.17) is 22.3 Å². The number of terminal acetylenes is 2. The zero-order valence-corrected chi connectivity index (χ0v) is 27.6. The van der Waals surface area contributed by atoms with Gasteiger partial charge in [0, 0.05) is 148 Å². The third-order valence-corrected chi connectivity index (χ3v) is 3.96. The molecule has 0 aliphatic carbocycles. The molecule has 1 aromatic carbocycles. The molecule has 0 saturated heterocycles. The molecule has 55 heavy (non-hydrogen) atoms. The quantitative estimate of drug-likeness (QED) is 0.491. The Labute approximate surface area is 321 Å². The van der Waals surface area contributed by atoms with Crippen molar-refractivity contribution < 1.29 is 19.4 Å². The molecule has 0 heterocycles. The molecule has 0 fully saturated rings. The van der Waals surface area contributed by atoms with Gasteiger partial charge < -0.3 is 14.6 Å². The number of aromatic carboxylic acids is 1. The van der Waals surface area contributed by atoms with Gasteiger partial charge in [-0.3, -0.25) is 0 Å². The average molecular weight is 683 g/mol. The molecule has 4 nitrogen and oxygen atoms in total. The highest BCUT2D eigenvalue weighted by atomic mass is 16.5. The molecular formula is C51H6O4. The zero-order valence-electron chi connectivity index (χ0n) is 27.6. The van der Waals surface area contributed by atoms with E-state index in [1.807, 2.05) is 0 Å². The molecule has 0 radical (unpaired) electrons. The van der Waals surface area contributed by atoms with Gasteiger partial charge in [0.1, 0.15) is 23.7 Å². The van der Waals surface area contributed by atoms with E-state index in [1.54, 1.807) is 0 Å². The number of rotatable bonds is 3. The minimum atomic E-state index is -1.23. The molecule has 0 spiro atoms. The molecular weight excluding hydrogens is 677 g/mol. The molecule has 234 valence electrons. The number of hydrogen-bond donors (Lipinski definition) is 1. The summed E-state index contributed by atoms with van der Waals surface area (Å²) < 4.78 is 10.5. The summed E-state index contributed by atoms with van der Waals surface area (Å²) in [6.07, 6.45) is 14.5. The first-order valence-electron chi connectivity index (χ1n) is 13.8. The highest BCUT2D eigenvalue weighted by Crippen LogP contribution is 2.22. The number of carbonyl (C=O) groups is 1. The monoisotopic (exact) mass is 682 g/mol. The van der Waals surface area contributed by atoms with E-state index in [9.17, 15) is 9.90 Å². The molecule has 0 saturated carbocycles. The number of carboxylic acid groups (broad SMARTS) is 1. The van der Waals surface area contributed by atoms with Crippen molar-refractivity contribution in [1.29, 1.82) is 0 Å². The van der Waals surface area contributed by atoms with Crippen LogP contribution in [0.15, 0.2) is 18.2 Å². The predicted octanol–water partition coefficient (Wildman–Crippen LogP) is 1.39. The lowest BCUT2D eigenvalue weighted by Gasteiger charge is -2.03. The van der Waals surface area contributed by atoms with Gasteiger partial charge in [0.2, 0.25) is 0 Å². The first-order chi connectivity index (χ1) is 27.2. The van der Waals surface area contributed by atoms with E-state index in [1.165, 1.54) is 18.2 Å². The Morgan fingerprint density at radius 2 is 0.545 bits per heavy atom. The molecule has 0 atom stereocenters. The van der Waals surface area contributed by atoms with Gasteiger partial charge in [-0.25, -0.2) is 4.79 Å². The van der Waals surface area contributed by atoms with Gasteiger partial charge in [0.15, 0.2) is 0 Å². The second kappa shape index (κ2) is 32.5. The van der Waals surface area contributed by atoms with Crippen LogP contribution in [0.3, 0.4) is 0 Å². The molecule has 0 amide bonds. The molecule has 0 aliphatic rings. The van der Waals surface area contributed by atoms with Crippen LogP contribution in [-0.2, 0) is 0 Å². The predicted molar refractivity (Wildman–Crippen MR) is 208 cm³/mol. The van der Waals surface area contributed by atoms with Crippen LogP contribution in [0.1, 0.15) is 10.4 Å². The van der Waals surface area contributed by atoms with Crippen LogP contribution in [0, 0.1) is 262 Å². The smallest absolute Gasteiger partial charge is 0.335 e. The van der Waals surface area contributed by atoms with Gasteiger partial charge in [0.05, 0.1) is 5.56 Å². The van der Waals surface area contributed by atoms with Crippen molar-refractivity contribution in [2.24, 2.45) is 0 Å². The fraction of sp³-hybridized carbons (Fsp3) is 0. The minimum Gasteiger partial charge on any atom is -0.478 e. The standard InChI is InChI=1S/C51H6O4/c1-3-5-7-9-11-13-15-17-19-21-23-25-27-29-31-33-35-37-39-41-43-54-49-45-48(51(52)53)46-50(47-49)55-44-42-40-38-36-34-32-30-28-26-24-22-20-18-16-14-12-10-8-6-4-2/h1-2,45-47H,(H,52,53). The number of ether oxygens (including phenoxy) is 2. The molecule has 0 aromatic heterocycles. The summed E-state index contributed by atoms with van der Waals surface area (Å²) in [6.45, 7) is 0. The van der Waals surface area contributed by atoms with Crippen molar-refractivity contribution in [2.75, 3.05) is 0 Å². The lowest BCUT2D eigenvalue weighted by molar-refractivity contribution is 0.0696. The van der Waals surface area contributed by atoms with Crippen molar-refractivity contribution >= 4 is 5.97 Å². The summed E-state index contributed by atoms with van der Waals surface area (Å²) in [6, 6.07) is 3.84. The van der Waals surface area contributed by atoms with Crippen molar-refractivity contribution in [3.63, 3.8) is 0 Å². The van der Waals surface area contributed by atoms with Crippen LogP contribution >= 0.6 is 0 Å². The Balaban J connectivity index is 2.67. The third-order valence-electron chi connectivity index (χ3n) is 3.96. The number of hydrogen-bond acceptors (Lipinski definition) is 3. The lowest BCUT2D eigenvalue weighted by atomic mass is 10.2. The highest BCUT2D eigenvalue weighted by Gasteiger charge is 2.08. The largest absolute Gasteiger partial charge is 0.478 e. The fourth-order valence-electron chi connectivity index (χ4n) is 2.17. The second-order valence-corrected chi connectivity index (χ2v) is 7.45. The SMILES string of the molecule is C#CC#CC#CC#CC#CC#CC#CC#CC#CC#CC#COc1cc(OC#CC#CC#CC#CC#CC#CC#CC#CC#CC#CC#C)cc(C(=O)O)c1. The molecule has 4 heteroatoms. The first-order valence-corrected chi connectivity index (χ1v) is 13.8. The van der Waals surface area contributed by atoms with Crippen molar-refractivity contribution in [3.05, 3.63) is 23.8 Å². The van der Waals surface area contributed by atoms with Crippen molar-refractivity contribution in [1.82, 2.24) is 0 Å². The van der Waals surface area contributed by atoms with E-state index in [2.05, 4.69) is 249 Å². The highest BCUT2D eigenvalue weighted by molar-refractivity contribution is 5.88. The molecule has 0 bridgehead atoms. The minimum absolute atomic E-state index is 0.0667. The van der Waals surface area contributed by atoms with Crippen LogP contribution < -0.4 is 9.47 Å². The van der Waals surface area contributed by atoms with Crippen molar-refractivity contribution in [3.8, 4) is 273 Å². The third kappa shape index (κ3) is 27.4. The topological polar surface area (TPSA) is 55.8 Å². The lowest BCUT2D eigenvalue weighted by Crippen LogP contribution is -1.98. The first kappa shape index (κ1) is 41.6. The Morgan fingerprint density at radius 1 is 0.345 bits per heavy atom. The van der Waals surface area contributed by atoms with Crippen molar-refractivity contribution in [2.45, 2.75) is 0 Å². The van der Waals surface area contributed by atoms with Crippen LogP contribution in [0.2, 0.25) is 0 Å². The summed E-state index contributed by atoms with van der Waals surface area (Å²) in [5, 5.41) is 9.38. The second-order valence-electron chi connectivity index (χ2n) is 7.45. The maximum absolute atomic E-state index is 11.5. The van der Waals surface area contributed by atoms with Gasteiger partial charge >= 0.3 is 5.97 Å². The maximum atomic E-state index is 11.5. The van der Waals surface area contributed by atoms with E-state index < -0.39 is 5.97 Å². The van der Waals surface area contributed by atoms with Gasteiger partial charge in [-0.05, 0) is 107 Å². The number of carboxylic acids is 1. The van der Waals surface area contributed by atoms with Gasteiger partial charge in [-0.1, -0.05) is 0 Å². The summed E-state index contributed by atoms with van der Waals surface area (Å²) in [5.74, 6) is 96.1.